The number of hydrogen-bond acceptors (Lipinski definition) is 4. The van der Waals surface area contributed by atoms with E-state index in [1.165, 1.54) is 6.20 Å². The Morgan fingerprint density at radius 3 is 2.52 bits per heavy atom. The van der Waals surface area contributed by atoms with E-state index in [9.17, 15) is 14.7 Å². The van der Waals surface area contributed by atoms with Crippen molar-refractivity contribution in [2.45, 2.75) is 51.2 Å². The van der Waals surface area contributed by atoms with Crippen LogP contribution in [-0.4, -0.2) is 52.8 Å². The number of anilines is 1. The van der Waals surface area contributed by atoms with E-state index in [0.717, 1.165) is 43.6 Å². The van der Waals surface area contributed by atoms with E-state index in [-0.39, 0.29) is 51.1 Å². The van der Waals surface area contributed by atoms with Gasteiger partial charge in [-0.05, 0) is 51.4 Å². The molecule has 1 aliphatic heterocycles. The molecule has 2 aliphatic rings. The number of likely N-dealkylation sites (N-methyl/N-ethyl adjacent to an activating group) is 1. The van der Waals surface area contributed by atoms with E-state index >= 15 is 0 Å². The first kappa shape index (κ1) is 24.0. The first-order valence-electron chi connectivity index (χ1n) is 9.79. The van der Waals surface area contributed by atoms with E-state index in [0.29, 0.717) is 23.5 Å². The predicted molar refractivity (Wildman–Crippen MR) is 113 cm³/mol. The summed E-state index contributed by atoms with van der Waals surface area (Å²) in [6, 6.07) is 7.12. The summed E-state index contributed by atoms with van der Waals surface area (Å²) < 4.78 is 2.00. The number of fused-ring (bicyclic) bond motifs is 1. The fourth-order valence-electron chi connectivity index (χ4n) is 4.24. The molecule has 0 amide bonds. The van der Waals surface area contributed by atoms with Gasteiger partial charge in [0, 0.05) is 81.2 Å². The van der Waals surface area contributed by atoms with E-state index in [2.05, 4.69) is 36.8 Å². The SMILES string of the molecule is CCC1CN(c2ccc3c(=O)c(C(=O)O)cn(C4CC4)c3c2)CC(C)N1C.[CH3-].[Y]. The molecule has 1 aromatic carbocycles. The van der Waals surface area contributed by atoms with Crippen molar-refractivity contribution < 1.29 is 42.6 Å². The van der Waals surface area contributed by atoms with Crippen LogP contribution >= 0.6 is 0 Å². The molecule has 1 radical (unpaired) electrons. The minimum Gasteiger partial charge on any atom is -0.477 e. The van der Waals surface area contributed by atoms with Crippen molar-refractivity contribution in [1.82, 2.24) is 9.47 Å². The normalized spacial score (nSPS) is 22.1. The van der Waals surface area contributed by atoms with Crippen molar-refractivity contribution in [2.75, 3.05) is 25.0 Å². The zero-order chi connectivity index (χ0) is 19.3. The summed E-state index contributed by atoms with van der Waals surface area (Å²) >= 11 is 0. The standard InChI is InChI=1S/C21H27N3O3.CH3.Y/c1-4-14-11-23(10-13(2)22(14)3)16-7-8-17-19(9-16)24(15-5-6-15)12-18(20(17)25)21(26)27;;/h7-9,12-15H,4-6,10-11H2,1-3H3,(H,26,27);1H3;/q;-1;. The predicted octanol–water partition coefficient (Wildman–Crippen LogP) is 3.40. The van der Waals surface area contributed by atoms with Crippen LogP contribution in [0.3, 0.4) is 0 Å². The Morgan fingerprint density at radius 1 is 1.24 bits per heavy atom. The summed E-state index contributed by atoms with van der Waals surface area (Å²) in [5, 5.41) is 9.89. The molecule has 155 valence electrons. The van der Waals surface area contributed by atoms with Crippen molar-refractivity contribution in [3.8, 4) is 0 Å². The smallest absolute Gasteiger partial charge is 0.341 e. The second kappa shape index (κ2) is 9.28. The van der Waals surface area contributed by atoms with Crippen molar-refractivity contribution in [3.63, 3.8) is 0 Å². The van der Waals surface area contributed by atoms with Crippen LogP contribution in [-0.2, 0) is 32.7 Å². The summed E-state index contributed by atoms with van der Waals surface area (Å²) in [6.45, 7) is 6.37. The monoisotopic (exact) mass is 473 g/mol. The second-order valence-corrected chi connectivity index (χ2v) is 8.00. The largest absolute Gasteiger partial charge is 0.477 e. The van der Waals surface area contributed by atoms with Gasteiger partial charge in [0.2, 0.25) is 5.43 Å². The molecular weight excluding hydrogens is 443 g/mol. The van der Waals surface area contributed by atoms with Gasteiger partial charge >= 0.3 is 5.97 Å². The average molecular weight is 473 g/mol. The third-order valence-corrected chi connectivity index (χ3v) is 6.21. The van der Waals surface area contributed by atoms with Gasteiger partial charge in [0.1, 0.15) is 5.56 Å². The van der Waals surface area contributed by atoms with Crippen molar-refractivity contribution in [2.24, 2.45) is 0 Å². The molecule has 2 aromatic rings. The van der Waals surface area contributed by atoms with Crippen molar-refractivity contribution in [3.05, 3.63) is 47.6 Å². The number of aromatic carboxylic acids is 1. The number of rotatable bonds is 4. The van der Waals surface area contributed by atoms with Crippen LogP contribution in [0.15, 0.2) is 29.2 Å². The van der Waals surface area contributed by atoms with Crippen LogP contribution in [0.4, 0.5) is 5.69 Å². The topological polar surface area (TPSA) is 65.8 Å². The minimum atomic E-state index is -1.15. The van der Waals surface area contributed by atoms with E-state index in [1.54, 1.807) is 0 Å². The summed E-state index contributed by atoms with van der Waals surface area (Å²) in [4.78, 5) is 29.0. The average Bonchev–Trinajstić information content (AvgIpc) is 3.48. The fraction of sp³-hybridized carbons (Fsp3) is 0.500. The molecule has 1 aromatic heterocycles. The molecule has 7 heteroatoms. The van der Waals surface area contributed by atoms with Crippen LogP contribution in [0, 0.1) is 7.43 Å². The van der Waals surface area contributed by atoms with E-state index < -0.39 is 5.97 Å². The number of carboxylic acids is 1. The van der Waals surface area contributed by atoms with Gasteiger partial charge in [-0.2, -0.15) is 0 Å². The molecule has 1 saturated heterocycles. The van der Waals surface area contributed by atoms with Crippen LogP contribution in [0.2, 0.25) is 0 Å². The number of carboxylic acid groups (broad SMARTS) is 1. The number of hydrogen-bond donors (Lipinski definition) is 1. The molecule has 29 heavy (non-hydrogen) atoms. The van der Waals surface area contributed by atoms with Gasteiger partial charge in [0.15, 0.2) is 0 Å². The number of pyridine rings is 1. The molecule has 6 nitrogen and oxygen atoms in total. The minimum absolute atomic E-state index is 0. The maximum Gasteiger partial charge on any atom is 0.341 e. The van der Waals surface area contributed by atoms with Gasteiger partial charge in [-0.25, -0.2) is 4.79 Å². The Morgan fingerprint density at radius 2 is 1.93 bits per heavy atom. The van der Waals surface area contributed by atoms with Crippen LogP contribution < -0.4 is 10.3 Å². The molecule has 0 spiro atoms. The Labute approximate surface area is 197 Å². The second-order valence-electron chi connectivity index (χ2n) is 8.00. The van der Waals surface area contributed by atoms with Crippen LogP contribution in [0.5, 0.6) is 0 Å². The van der Waals surface area contributed by atoms with E-state index in [4.69, 9.17) is 0 Å². The Bertz CT molecular complexity index is 954. The molecule has 2 unspecified atom stereocenters. The molecule has 1 saturated carbocycles. The first-order valence-corrected chi connectivity index (χ1v) is 9.79. The molecule has 0 bridgehead atoms. The molecule has 1 aliphatic carbocycles. The van der Waals surface area contributed by atoms with Crippen LogP contribution in [0.25, 0.3) is 10.9 Å². The van der Waals surface area contributed by atoms with Gasteiger partial charge in [-0.15, -0.1) is 0 Å². The number of aromatic nitrogens is 1. The first-order chi connectivity index (χ1) is 12.9. The molecular formula is C22H30N3O3Y-. The van der Waals surface area contributed by atoms with Crippen molar-refractivity contribution >= 4 is 22.6 Å². The zero-order valence-corrected chi connectivity index (χ0v) is 20.6. The Balaban J connectivity index is 0.00000150. The quantitative estimate of drug-likeness (QED) is 0.690. The third kappa shape index (κ3) is 4.45. The molecule has 2 fully saturated rings. The van der Waals surface area contributed by atoms with Gasteiger partial charge in [0.05, 0.1) is 5.52 Å². The number of nitrogens with zero attached hydrogens (tertiary/aromatic N) is 3. The third-order valence-electron chi connectivity index (χ3n) is 6.21. The van der Waals surface area contributed by atoms with Gasteiger partial charge in [-0.1, -0.05) is 6.92 Å². The molecule has 4 rings (SSSR count). The van der Waals surface area contributed by atoms with Crippen LogP contribution in [0.1, 0.15) is 49.5 Å². The summed E-state index contributed by atoms with van der Waals surface area (Å²) in [5.74, 6) is -1.15. The Hall–Kier alpha value is -1.24. The van der Waals surface area contributed by atoms with Gasteiger partial charge < -0.3 is 22.0 Å². The molecule has 2 atom stereocenters. The van der Waals surface area contributed by atoms with E-state index in [1.807, 2.05) is 16.7 Å². The molecule has 1 N–H and O–H groups in total. The molecule has 2 heterocycles. The van der Waals surface area contributed by atoms with Gasteiger partial charge in [0.25, 0.3) is 0 Å². The summed E-state index contributed by atoms with van der Waals surface area (Å²) in [5.41, 5.74) is 1.43. The number of carbonyl (C=O) groups is 1. The zero-order valence-electron chi connectivity index (χ0n) is 17.8. The Kier molecular flexibility index (Phi) is 7.69. The summed E-state index contributed by atoms with van der Waals surface area (Å²) in [7, 11) is 2.19. The maximum atomic E-state index is 12.6. The fourth-order valence-corrected chi connectivity index (χ4v) is 4.24. The number of benzene rings is 1. The van der Waals surface area contributed by atoms with Crippen molar-refractivity contribution in [1.29, 1.82) is 0 Å². The summed E-state index contributed by atoms with van der Waals surface area (Å²) in [6.07, 6.45) is 4.70. The maximum absolute atomic E-state index is 12.6. The number of piperazine rings is 1. The van der Waals surface area contributed by atoms with Gasteiger partial charge in [-0.3, -0.25) is 9.69 Å².